The summed E-state index contributed by atoms with van der Waals surface area (Å²) in [6.45, 7) is 7.88. The van der Waals surface area contributed by atoms with Crippen molar-refractivity contribution in [1.82, 2.24) is 15.1 Å². The van der Waals surface area contributed by atoms with Gasteiger partial charge in [0.2, 0.25) is 11.8 Å². The second-order valence-electron chi connectivity index (χ2n) is 6.59. The smallest absolute Gasteiger partial charge is 0.244 e. The summed E-state index contributed by atoms with van der Waals surface area (Å²) in [4.78, 5) is 23.9. The number of aromatic nitrogens is 2. The van der Waals surface area contributed by atoms with Gasteiger partial charge in [0.05, 0.1) is 23.6 Å². The number of nitrogens with zero attached hydrogens (tertiary/aromatic N) is 2. The summed E-state index contributed by atoms with van der Waals surface area (Å²) in [7, 11) is 1.82. The summed E-state index contributed by atoms with van der Waals surface area (Å²) < 4.78 is 1.71. The van der Waals surface area contributed by atoms with Crippen molar-refractivity contribution in [2.24, 2.45) is 7.05 Å². The molecule has 0 unspecified atom stereocenters. The molecule has 0 saturated carbocycles. The molecule has 0 fully saturated rings. The number of anilines is 1. The molecule has 0 bridgehead atoms. The Kier molecular flexibility index (Phi) is 6.33. The number of hydrogen-bond donors (Lipinski definition) is 2. The molecule has 0 aliphatic heterocycles. The van der Waals surface area contributed by atoms with Crippen LogP contribution in [0.15, 0.2) is 30.3 Å². The van der Waals surface area contributed by atoms with E-state index in [2.05, 4.69) is 29.6 Å². The van der Waals surface area contributed by atoms with Crippen LogP contribution >= 0.6 is 0 Å². The summed E-state index contributed by atoms with van der Waals surface area (Å²) >= 11 is 0. The summed E-state index contributed by atoms with van der Waals surface area (Å²) in [6, 6.07) is 8.04. The summed E-state index contributed by atoms with van der Waals surface area (Å²) in [6.07, 6.45) is 3.16. The Bertz CT molecular complexity index is 817. The molecule has 2 rings (SSSR count). The Hall–Kier alpha value is -2.89. The monoisotopic (exact) mass is 354 g/mol. The van der Waals surface area contributed by atoms with Crippen molar-refractivity contribution in [3.63, 3.8) is 0 Å². The van der Waals surface area contributed by atoms with Crippen LogP contribution in [0.2, 0.25) is 0 Å². The maximum absolute atomic E-state index is 12.0. The molecular formula is C20H26N4O2. The molecule has 0 saturated heterocycles. The largest absolute Gasteiger partial charge is 0.343 e. The first-order valence-corrected chi connectivity index (χ1v) is 8.64. The van der Waals surface area contributed by atoms with Crippen LogP contribution in [0.5, 0.6) is 0 Å². The topological polar surface area (TPSA) is 76.0 Å². The van der Waals surface area contributed by atoms with Crippen molar-refractivity contribution < 1.29 is 9.59 Å². The fourth-order valence-corrected chi connectivity index (χ4v) is 2.53. The summed E-state index contributed by atoms with van der Waals surface area (Å²) in [5.41, 5.74) is 4.49. The number of benzene rings is 1. The van der Waals surface area contributed by atoms with Gasteiger partial charge in [0.15, 0.2) is 0 Å². The van der Waals surface area contributed by atoms with Gasteiger partial charge in [-0.25, -0.2) is 0 Å². The third kappa shape index (κ3) is 5.05. The predicted molar refractivity (Wildman–Crippen MR) is 104 cm³/mol. The maximum Gasteiger partial charge on any atom is 0.244 e. The SMILES string of the molecule is Cc1nn(C)c(C)c1NC(=O)CNC(=O)/C=C/c1ccc(C(C)C)cc1. The van der Waals surface area contributed by atoms with Crippen molar-refractivity contribution in [1.29, 1.82) is 0 Å². The molecule has 2 N–H and O–H groups in total. The van der Waals surface area contributed by atoms with Gasteiger partial charge >= 0.3 is 0 Å². The van der Waals surface area contributed by atoms with Crippen LogP contribution in [0, 0.1) is 13.8 Å². The molecule has 0 atom stereocenters. The molecule has 2 aromatic rings. The standard InChI is InChI=1S/C20H26N4O2/c1-13(2)17-9-6-16(7-10-17)8-11-18(25)21-12-19(26)22-20-14(3)23-24(5)15(20)4/h6-11,13H,12H2,1-5H3,(H,21,25)(H,22,26)/b11-8+. The van der Waals surface area contributed by atoms with Crippen molar-refractivity contribution in [3.05, 3.63) is 52.9 Å². The van der Waals surface area contributed by atoms with Crippen LogP contribution in [-0.2, 0) is 16.6 Å². The lowest BCUT2D eigenvalue weighted by molar-refractivity contribution is -0.121. The molecule has 0 radical (unpaired) electrons. The van der Waals surface area contributed by atoms with E-state index < -0.39 is 0 Å². The molecule has 0 spiro atoms. The van der Waals surface area contributed by atoms with Crippen LogP contribution < -0.4 is 10.6 Å². The van der Waals surface area contributed by atoms with Crippen LogP contribution in [-0.4, -0.2) is 28.1 Å². The molecule has 1 heterocycles. The second-order valence-corrected chi connectivity index (χ2v) is 6.59. The first-order valence-electron chi connectivity index (χ1n) is 8.64. The van der Waals surface area contributed by atoms with E-state index >= 15 is 0 Å². The van der Waals surface area contributed by atoms with Gasteiger partial charge in [-0.2, -0.15) is 5.10 Å². The average Bonchev–Trinajstić information content (AvgIpc) is 2.84. The number of aryl methyl sites for hydroxylation is 2. The van der Waals surface area contributed by atoms with Crippen molar-refractivity contribution in [2.45, 2.75) is 33.6 Å². The molecule has 0 aliphatic carbocycles. The minimum atomic E-state index is -0.312. The van der Waals surface area contributed by atoms with Gasteiger partial charge in [0.25, 0.3) is 0 Å². The molecule has 1 aromatic carbocycles. The third-order valence-corrected chi connectivity index (χ3v) is 4.23. The normalized spacial score (nSPS) is 11.2. The zero-order chi connectivity index (χ0) is 19.3. The third-order valence-electron chi connectivity index (χ3n) is 4.23. The van der Waals surface area contributed by atoms with Gasteiger partial charge in [0.1, 0.15) is 0 Å². The number of hydrogen-bond acceptors (Lipinski definition) is 3. The van der Waals surface area contributed by atoms with Crippen LogP contribution in [0.1, 0.15) is 42.3 Å². The van der Waals surface area contributed by atoms with Crippen LogP contribution in [0.25, 0.3) is 6.08 Å². The predicted octanol–water partition coefficient (Wildman–Crippen LogP) is 2.93. The van der Waals surface area contributed by atoms with Gasteiger partial charge in [-0.15, -0.1) is 0 Å². The highest BCUT2D eigenvalue weighted by Crippen LogP contribution is 2.18. The Labute approximate surface area is 154 Å². The first-order chi connectivity index (χ1) is 12.3. The number of amides is 2. The molecular weight excluding hydrogens is 328 g/mol. The number of carbonyl (C=O) groups is 2. The molecule has 6 heteroatoms. The van der Waals surface area contributed by atoms with Gasteiger partial charge < -0.3 is 10.6 Å². The lowest BCUT2D eigenvalue weighted by atomic mass is 10.0. The van der Waals surface area contributed by atoms with Crippen molar-refractivity contribution in [3.8, 4) is 0 Å². The van der Waals surface area contributed by atoms with E-state index in [-0.39, 0.29) is 18.4 Å². The zero-order valence-electron chi connectivity index (χ0n) is 16.0. The molecule has 2 amide bonds. The summed E-state index contributed by atoms with van der Waals surface area (Å²) in [5, 5.41) is 9.61. The van der Waals surface area contributed by atoms with E-state index in [0.29, 0.717) is 11.6 Å². The van der Waals surface area contributed by atoms with E-state index in [1.165, 1.54) is 11.6 Å². The molecule has 6 nitrogen and oxygen atoms in total. The average molecular weight is 354 g/mol. The number of nitrogens with one attached hydrogen (secondary N) is 2. The minimum Gasteiger partial charge on any atom is -0.343 e. The summed E-state index contributed by atoms with van der Waals surface area (Å²) in [5.74, 6) is -0.123. The van der Waals surface area contributed by atoms with Crippen LogP contribution in [0.3, 0.4) is 0 Å². The Morgan fingerprint density at radius 2 is 1.85 bits per heavy atom. The van der Waals surface area contributed by atoms with Gasteiger partial charge in [0, 0.05) is 13.1 Å². The van der Waals surface area contributed by atoms with Crippen LogP contribution in [0.4, 0.5) is 5.69 Å². The van der Waals surface area contributed by atoms with E-state index in [9.17, 15) is 9.59 Å². The second kappa shape index (κ2) is 8.47. The highest BCUT2D eigenvalue weighted by atomic mass is 16.2. The van der Waals surface area contributed by atoms with Crippen molar-refractivity contribution >= 4 is 23.6 Å². The molecule has 26 heavy (non-hydrogen) atoms. The lowest BCUT2D eigenvalue weighted by Crippen LogP contribution is -2.31. The first kappa shape index (κ1) is 19.4. The van der Waals surface area contributed by atoms with E-state index in [1.807, 2.05) is 45.2 Å². The number of rotatable bonds is 6. The number of carbonyl (C=O) groups excluding carboxylic acids is 2. The van der Waals surface area contributed by atoms with Gasteiger partial charge in [-0.3, -0.25) is 14.3 Å². The highest BCUT2D eigenvalue weighted by molar-refractivity contribution is 5.98. The highest BCUT2D eigenvalue weighted by Gasteiger charge is 2.12. The lowest BCUT2D eigenvalue weighted by Gasteiger charge is -2.06. The van der Waals surface area contributed by atoms with Crippen molar-refractivity contribution in [2.75, 3.05) is 11.9 Å². The van der Waals surface area contributed by atoms with E-state index in [0.717, 1.165) is 17.0 Å². The fraction of sp³-hybridized carbons (Fsp3) is 0.350. The van der Waals surface area contributed by atoms with Gasteiger partial charge in [-0.1, -0.05) is 38.1 Å². The van der Waals surface area contributed by atoms with E-state index in [1.54, 1.807) is 10.8 Å². The van der Waals surface area contributed by atoms with Gasteiger partial charge in [-0.05, 0) is 37.0 Å². The molecule has 1 aromatic heterocycles. The Balaban J connectivity index is 1.85. The van der Waals surface area contributed by atoms with E-state index in [4.69, 9.17) is 0 Å². The Morgan fingerprint density at radius 3 is 2.38 bits per heavy atom. The maximum atomic E-state index is 12.0. The molecule has 138 valence electrons. The zero-order valence-corrected chi connectivity index (χ0v) is 16.0. The molecule has 0 aliphatic rings. The minimum absolute atomic E-state index is 0.0940. The Morgan fingerprint density at radius 1 is 1.19 bits per heavy atom. The fourth-order valence-electron chi connectivity index (χ4n) is 2.53. The quantitative estimate of drug-likeness (QED) is 0.783.